The predicted molar refractivity (Wildman–Crippen MR) is 208 cm³/mol. The van der Waals surface area contributed by atoms with Gasteiger partial charge in [0.05, 0.1) is 14.7 Å². The molecular weight excluding hydrogens is 856 g/mol. The molecule has 0 spiro atoms. The molecule has 2 nitrogen and oxygen atoms in total. The normalized spacial score (nSPS) is 16.2. The molecule has 0 saturated carbocycles. The van der Waals surface area contributed by atoms with Crippen molar-refractivity contribution in [2.24, 2.45) is 0 Å². The molecule has 0 amide bonds. The van der Waals surface area contributed by atoms with Gasteiger partial charge in [0.1, 0.15) is 17.5 Å². The molecule has 10 heteroatoms. The second-order valence-electron chi connectivity index (χ2n) is 14.4. The van der Waals surface area contributed by atoms with Crippen molar-refractivity contribution in [1.29, 1.82) is 0 Å². The molecule has 0 saturated heterocycles. The lowest BCUT2D eigenvalue weighted by Gasteiger charge is -2.33. The summed E-state index contributed by atoms with van der Waals surface area (Å²) in [5.74, 6) is -3.45. The number of rotatable bonds is 5. The van der Waals surface area contributed by atoms with Crippen LogP contribution < -0.4 is 0 Å². The average Bonchev–Trinajstić information content (AvgIpc) is 3.52. The van der Waals surface area contributed by atoms with Gasteiger partial charge in [0, 0.05) is 39.2 Å². The first-order chi connectivity index (χ1) is 22.9. The van der Waals surface area contributed by atoms with E-state index in [-0.39, 0.29) is 39.2 Å². The van der Waals surface area contributed by atoms with Crippen LogP contribution in [0.2, 0.25) is 0 Å². The number of hydrogen-bond acceptors (Lipinski definition) is 0. The summed E-state index contributed by atoms with van der Waals surface area (Å²) >= 11 is 3.95. The van der Waals surface area contributed by atoms with Gasteiger partial charge in [0.2, 0.25) is 0 Å². The third kappa shape index (κ3) is 6.67. The van der Waals surface area contributed by atoms with E-state index >= 15 is 17.4 Å². The summed E-state index contributed by atoms with van der Waals surface area (Å²) in [6.07, 6.45) is 8.21. The molecule has 2 aliphatic heterocycles. The molecule has 0 aliphatic carbocycles. The van der Waals surface area contributed by atoms with Crippen LogP contribution in [0.15, 0.2) is 88.2 Å². The first-order valence-electron chi connectivity index (χ1n) is 15.8. The van der Waals surface area contributed by atoms with Gasteiger partial charge in [-0.15, -0.1) is 0 Å². The standard InChI is InChI=1S/C39H34BF5I2N2/c1-38(2,3)25-13-7-23(8-14-25)11-17-32-30(46)21-34-37(36-28(42)19-27(41)20-29(36)43)35-22-31(47)33(49(35)40(44,45)48(32)34)18-12-24-9-15-26(16-10-24)39(4,5)6/h7-22H,1-6H3/b17-11+,18-12+. The average molecular weight is 890 g/mol. The number of halogens is 7. The van der Waals surface area contributed by atoms with E-state index in [4.69, 9.17) is 0 Å². The Balaban J connectivity index is 1.55. The Morgan fingerprint density at radius 3 is 1.67 bits per heavy atom. The Labute approximate surface area is 311 Å². The Bertz CT molecular complexity index is 2120. The first kappa shape index (κ1) is 35.6. The van der Waals surface area contributed by atoms with Crippen molar-refractivity contribution in [3.63, 3.8) is 0 Å². The van der Waals surface area contributed by atoms with Gasteiger partial charge in [-0.25, -0.2) is 13.2 Å². The molecule has 6 rings (SSSR count). The summed E-state index contributed by atoms with van der Waals surface area (Å²) < 4.78 is 82.2. The highest BCUT2D eigenvalue weighted by Crippen LogP contribution is 2.45. The fourth-order valence-corrected chi connectivity index (χ4v) is 7.68. The fraction of sp³-hybridized carbons (Fsp3) is 0.205. The van der Waals surface area contributed by atoms with E-state index in [2.05, 4.69) is 41.5 Å². The van der Waals surface area contributed by atoms with Crippen LogP contribution in [0.1, 0.15) is 80.7 Å². The highest BCUT2D eigenvalue weighted by atomic mass is 127. The zero-order valence-electron chi connectivity index (χ0n) is 27.9. The quantitative estimate of drug-likeness (QED) is 0.107. The van der Waals surface area contributed by atoms with Crippen molar-refractivity contribution in [1.82, 2.24) is 4.48 Å². The van der Waals surface area contributed by atoms with E-state index in [0.29, 0.717) is 19.3 Å². The minimum Gasteiger partial charge on any atom is -0.389 e. The highest BCUT2D eigenvalue weighted by Gasteiger charge is 2.56. The topological polar surface area (TPSA) is 7.94 Å². The Hall–Kier alpha value is -3.26. The highest BCUT2D eigenvalue weighted by molar-refractivity contribution is 14.1. The van der Waals surface area contributed by atoms with Gasteiger partial charge in [-0.05, 0) is 96.5 Å². The van der Waals surface area contributed by atoms with Crippen LogP contribution in [-0.4, -0.2) is 21.6 Å². The molecule has 1 aromatic heterocycles. The number of aromatic nitrogens is 1. The van der Waals surface area contributed by atoms with Crippen LogP contribution in [0, 0.1) is 21.0 Å². The number of benzene rings is 3. The molecule has 0 fully saturated rings. The van der Waals surface area contributed by atoms with Gasteiger partial charge in [0.15, 0.2) is 11.4 Å². The van der Waals surface area contributed by atoms with Crippen LogP contribution in [-0.2, 0) is 10.8 Å². The molecule has 0 bridgehead atoms. The minimum atomic E-state index is -4.58. The van der Waals surface area contributed by atoms with Gasteiger partial charge >= 0.3 is 6.97 Å². The lowest BCUT2D eigenvalue weighted by molar-refractivity contribution is -0.360. The molecule has 49 heavy (non-hydrogen) atoms. The second-order valence-corrected chi connectivity index (χ2v) is 16.7. The zero-order valence-corrected chi connectivity index (χ0v) is 32.2. The Morgan fingerprint density at radius 2 is 1.18 bits per heavy atom. The summed E-state index contributed by atoms with van der Waals surface area (Å²) in [5.41, 5.74) is 3.39. The van der Waals surface area contributed by atoms with Crippen LogP contribution in [0.4, 0.5) is 21.8 Å². The van der Waals surface area contributed by atoms with Gasteiger partial charge in [-0.3, -0.25) is 0 Å². The van der Waals surface area contributed by atoms with E-state index in [1.807, 2.05) is 93.7 Å². The predicted octanol–water partition coefficient (Wildman–Crippen LogP) is 11.8. The fourth-order valence-electron chi connectivity index (χ4n) is 6.21. The van der Waals surface area contributed by atoms with Crippen LogP contribution in [0.3, 0.4) is 0 Å². The molecular formula is C39H34BF5I2N2. The van der Waals surface area contributed by atoms with Crippen molar-refractivity contribution in [2.45, 2.75) is 52.4 Å². The number of nitrogens with zero attached hydrogens (tertiary/aromatic N) is 2. The molecule has 2 aliphatic rings. The molecule has 0 atom stereocenters. The van der Waals surface area contributed by atoms with Gasteiger partial charge in [-0.1, -0.05) is 96.1 Å². The van der Waals surface area contributed by atoms with Gasteiger partial charge in [0.25, 0.3) is 0 Å². The summed E-state index contributed by atoms with van der Waals surface area (Å²) in [4.78, 5) is 0. The number of allylic oxidation sites excluding steroid dienone is 3. The molecule has 0 N–H and O–H groups in total. The Morgan fingerprint density at radius 1 is 0.694 bits per heavy atom. The third-order valence-electron chi connectivity index (χ3n) is 8.87. The SMILES string of the molecule is CC(C)(C)c1ccc(/C=C/C2=[N+]3C(=C(c4c(F)cc(F)cc4F)c4cc(I)c(/C=C/c5ccc(C(C)(C)C)cc5)n4[B-]3(F)F)C=C2I)cc1. The summed E-state index contributed by atoms with van der Waals surface area (Å²) in [6, 6.07) is 18.4. The lowest BCUT2D eigenvalue weighted by atomic mass is 9.85. The monoisotopic (exact) mass is 890 g/mol. The van der Waals surface area contributed by atoms with Crippen LogP contribution in [0.25, 0.3) is 23.8 Å². The van der Waals surface area contributed by atoms with Crippen LogP contribution >= 0.6 is 45.2 Å². The third-order valence-corrected chi connectivity index (χ3v) is 10.6. The van der Waals surface area contributed by atoms with Gasteiger partial charge < -0.3 is 17.6 Å². The Kier molecular flexibility index (Phi) is 9.30. The maximum atomic E-state index is 17.2. The first-order valence-corrected chi connectivity index (χ1v) is 18.0. The van der Waals surface area contributed by atoms with E-state index in [1.165, 1.54) is 12.1 Å². The zero-order chi connectivity index (χ0) is 35.6. The number of hydrogen-bond donors (Lipinski definition) is 0. The van der Waals surface area contributed by atoms with Crippen molar-refractivity contribution >= 4 is 81.7 Å². The molecule has 0 radical (unpaired) electrons. The van der Waals surface area contributed by atoms with Crippen molar-refractivity contribution < 1.29 is 26.3 Å². The number of fused-ring (bicyclic) bond motifs is 2. The van der Waals surface area contributed by atoms with Gasteiger partial charge in [-0.2, -0.15) is 0 Å². The molecule has 3 heterocycles. The smallest absolute Gasteiger partial charge is 0.389 e. The lowest BCUT2D eigenvalue weighted by Crippen LogP contribution is -2.51. The maximum absolute atomic E-state index is 17.2. The van der Waals surface area contributed by atoms with Crippen molar-refractivity contribution in [2.75, 3.05) is 0 Å². The molecule has 3 aromatic carbocycles. The molecule has 4 aromatic rings. The summed E-state index contributed by atoms with van der Waals surface area (Å²) in [5, 5.41) is 0. The minimum absolute atomic E-state index is 0.0477. The van der Waals surface area contributed by atoms with E-state index in [1.54, 1.807) is 24.3 Å². The van der Waals surface area contributed by atoms with Crippen molar-refractivity contribution in [3.05, 3.63) is 148 Å². The van der Waals surface area contributed by atoms with Crippen LogP contribution in [0.5, 0.6) is 0 Å². The maximum Gasteiger partial charge on any atom is 0.737 e. The van der Waals surface area contributed by atoms with E-state index in [0.717, 1.165) is 31.2 Å². The summed E-state index contributed by atoms with van der Waals surface area (Å²) in [7, 11) is 0. The largest absolute Gasteiger partial charge is 0.737 e. The van der Waals surface area contributed by atoms with E-state index in [9.17, 15) is 4.39 Å². The molecule has 252 valence electrons. The molecule has 0 unspecified atom stereocenters. The van der Waals surface area contributed by atoms with Crippen molar-refractivity contribution in [3.8, 4) is 0 Å². The van der Waals surface area contributed by atoms with E-state index < -0.39 is 30.0 Å². The summed E-state index contributed by atoms with van der Waals surface area (Å²) in [6.45, 7) is 8.09. The second kappa shape index (κ2) is 12.8.